The standard InChI is InChI=1S/C22H18BrF3N2O2S/c1-27-21(29)13-8-9-17(18(11-13)30-2)28-10-4-7-19-15(12-22(24,25)26)14-5-3-6-16(23)20(14)31-19/h3,5-6,8-9,11,28H,10,12H2,1-2H3,(H,27,29). The molecular formula is C22H18BrF3N2O2S. The lowest BCUT2D eigenvalue weighted by atomic mass is 10.1. The summed E-state index contributed by atoms with van der Waals surface area (Å²) in [5.74, 6) is 5.99. The number of fused-ring (bicyclic) bond motifs is 1. The molecule has 162 valence electrons. The van der Waals surface area contributed by atoms with Gasteiger partial charge in [-0.1, -0.05) is 24.0 Å². The van der Waals surface area contributed by atoms with Crippen molar-refractivity contribution in [1.82, 2.24) is 5.32 Å². The predicted octanol–water partition coefficient (Wildman–Crippen LogP) is 5.60. The van der Waals surface area contributed by atoms with Crippen LogP contribution in [0.1, 0.15) is 20.8 Å². The number of thiophene rings is 1. The Labute approximate surface area is 189 Å². The minimum absolute atomic E-state index is 0.189. The molecule has 3 aromatic rings. The van der Waals surface area contributed by atoms with Gasteiger partial charge in [-0.05, 0) is 51.1 Å². The highest BCUT2D eigenvalue weighted by atomic mass is 79.9. The number of hydrogen-bond donors (Lipinski definition) is 2. The quantitative estimate of drug-likeness (QED) is 0.439. The molecule has 0 aliphatic carbocycles. The molecular weight excluding hydrogens is 493 g/mol. The fraction of sp³-hybridized carbons (Fsp3) is 0.227. The fourth-order valence-corrected chi connectivity index (χ4v) is 4.71. The monoisotopic (exact) mass is 510 g/mol. The van der Waals surface area contributed by atoms with Crippen LogP contribution in [0, 0.1) is 11.8 Å². The smallest absolute Gasteiger partial charge is 0.393 e. The lowest BCUT2D eigenvalue weighted by molar-refractivity contribution is -0.126. The second-order valence-corrected chi connectivity index (χ2v) is 8.34. The molecule has 0 aliphatic rings. The minimum atomic E-state index is -4.33. The van der Waals surface area contributed by atoms with Gasteiger partial charge in [-0.25, -0.2) is 0 Å². The van der Waals surface area contributed by atoms with Gasteiger partial charge in [-0.2, -0.15) is 13.2 Å². The van der Waals surface area contributed by atoms with Gasteiger partial charge in [0, 0.05) is 17.1 Å². The van der Waals surface area contributed by atoms with E-state index in [1.165, 1.54) is 25.5 Å². The van der Waals surface area contributed by atoms with Crippen LogP contribution in [0.25, 0.3) is 10.1 Å². The van der Waals surface area contributed by atoms with Crippen LogP contribution in [0.5, 0.6) is 5.75 Å². The van der Waals surface area contributed by atoms with Gasteiger partial charge in [-0.15, -0.1) is 11.3 Å². The van der Waals surface area contributed by atoms with Crippen LogP contribution in [0.2, 0.25) is 0 Å². The van der Waals surface area contributed by atoms with Crippen molar-refractivity contribution in [2.45, 2.75) is 12.6 Å². The Hall–Kier alpha value is -2.70. The van der Waals surface area contributed by atoms with Gasteiger partial charge in [0.05, 0.1) is 35.3 Å². The molecule has 4 nitrogen and oxygen atoms in total. The number of alkyl halides is 3. The lowest BCUT2D eigenvalue weighted by Crippen LogP contribution is -2.17. The van der Waals surface area contributed by atoms with Gasteiger partial charge in [0.25, 0.3) is 5.91 Å². The number of benzene rings is 2. The Bertz CT molecular complexity index is 1180. The number of rotatable bonds is 5. The van der Waals surface area contributed by atoms with Crippen molar-refractivity contribution in [3.05, 3.63) is 56.9 Å². The van der Waals surface area contributed by atoms with Gasteiger partial charge >= 0.3 is 6.18 Å². The van der Waals surface area contributed by atoms with Gasteiger partial charge < -0.3 is 15.4 Å². The zero-order valence-corrected chi connectivity index (χ0v) is 19.0. The Morgan fingerprint density at radius 2 is 2.03 bits per heavy atom. The molecule has 0 unspecified atom stereocenters. The summed E-state index contributed by atoms with van der Waals surface area (Å²) in [5, 5.41) is 6.17. The van der Waals surface area contributed by atoms with Crippen LogP contribution in [0.4, 0.5) is 18.9 Å². The van der Waals surface area contributed by atoms with Crippen LogP contribution in [0.3, 0.4) is 0 Å². The molecule has 2 N–H and O–H groups in total. The Morgan fingerprint density at radius 3 is 2.71 bits per heavy atom. The number of nitrogens with one attached hydrogen (secondary N) is 2. The average molecular weight is 511 g/mol. The third-order valence-corrected chi connectivity index (χ3v) is 6.53. The number of anilines is 1. The molecule has 0 atom stereocenters. The van der Waals surface area contributed by atoms with E-state index in [1.807, 2.05) is 0 Å². The molecule has 0 radical (unpaired) electrons. The third kappa shape index (κ3) is 5.51. The molecule has 0 saturated heterocycles. The molecule has 0 bridgehead atoms. The molecule has 9 heteroatoms. The largest absolute Gasteiger partial charge is 0.495 e. The van der Waals surface area contributed by atoms with E-state index in [0.717, 1.165) is 9.17 Å². The summed E-state index contributed by atoms with van der Waals surface area (Å²) >= 11 is 4.64. The van der Waals surface area contributed by atoms with E-state index in [1.54, 1.807) is 36.4 Å². The second-order valence-electron chi connectivity index (χ2n) is 6.47. The number of ether oxygens (including phenoxy) is 1. The Kier molecular flexibility index (Phi) is 7.13. The average Bonchev–Trinajstić information content (AvgIpc) is 3.07. The zero-order valence-electron chi connectivity index (χ0n) is 16.6. The number of carbonyl (C=O) groups excluding carboxylic acids is 1. The molecule has 0 aliphatic heterocycles. The van der Waals surface area contributed by atoms with Crippen LogP contribution in [0.15, 0.2) is 40.9 Å². The first kappa shape index (κ1) is 23.0. The second kappa shape index (κ2) is 9.62. The SMILES string of the molecule is CNC(=O)c1ccc(NCC#Cc2sc3c(Br)cccc3c2CC(F)(F)F)c(OC)c1. The molecule has 1 heterocycles. The predicted molar refractivity (Wildman–Crippen MR) is 121 cm³/mol. The van der Waals surface area contributed by atoms with Gasteiger partial charge in [0.15, 0.2) is 0 Å². The number of carbonyl (C=O) groups is 1. The normalized spacial score (nSPS) is 11.0. The number of amides is 1. The summed E-state index contributed by atoms with van der Waals surface area (Å²) in [4.78, 5) is 12.1. The van der Waals surface area contributed by atoms with Crippen LogP contribution < -0.4 is 15.4 Å². The van der Waals surface area contributed by atoms with Gasteiger partial charge in [0.1, 0.15) is 5.75 Å². The highest BCUT2D eigenvalue weighted by Gasteiger charge is 2.31. The van der Waals surface area contributed by atoms with E-state index in [-0.39, 0.29) is 18.0 Å². The van der Waals surface area contributed by atoms with Crippen molar-refractivity contribution in [1.29, 1.82) is 0 Å². The summed E-state index contributed by atoms with van der Waals surface area (Å²) in [7, 11) is 3.02. The molecule has 1 aromatic heterocycles. The fourth-order valence-electron chi connectivity index (χ4n) is 3.00. The van der Waals surface area contributed by atoms with Crippen LogP contribution in [-0.4, -0.2) is 32.8 Å². The van der Waals surface area contributed by atoms with Crippen molar-refractivity contribution >= 4 is 48.9 Å². The van der Waals surface area contributed by atoms with E-state index in [0.29, 0.717) is 27.3 Å². The van der Waals surface area contributed by atoms with Crippen molar-refractivity contribution in [2.75, 3.05) is 26.0 Å². The molecule has 0 fully saturated rings. The maximum Gasteiger partial charge on any atom is 0.393 e. The highest BCUT2D eigenvalue weighted by Crippen LogP contribution is 2.38. The minimum Gasteiger partial charge on any atom is -0.495 e. The number of hydrogen-bond acceptors (Lipinski definition) is 4. The van der Waals surface area contributed by atoms with E-state index in [4.69, 9.17) is 4.74 Å². The van der Waals surface area contributed by atoms with Crippen LogP contribution >= 0.6 is 27.3 Å². The summed E-state index contributed by atoms with van der Waals surface area (Å²) in [6, 6.07) is 10.1. The summed E-state index contributed by atoms with van der Waals surface area (Å²) in [6.07, 6.45) is -5.36. The van der Waals surface area contributed by atoms with E-state index < -0.39 is 12.6 Å². The zero-order chi connectivity index (χ0) is 22.6. The first-order valence-electron chi connectivity index (χ1n) is 9.13. The van der Waals surface area contributed by atoms with E-state index >= 15 is 0 Å². The summed E-state index contributed by atoms with van der Waals surface area (Å²) in [6.45, 7) is 0.191. The van der Waals surface area contributed by atoms with E-state index in [9.17, 15) is 18.0 Å². The third-order valence-electron chi connectivity index (χ3n) is 4.41. The van der Waals surface area contributed by atoms with Crippen LogP contribution in [-0.2, 0) is 6.42 Å². The first-order chi connectivity index (χ1) is 14.7. The number of methoxy groups -OCH3 is 1. The topological polar surface area (TPSA) is 50.4 Å². The molecule has 2 aromatic carbocycles. The lowest BCUT2D eigenvalue weighted by Gasteiger charge is -2.10. The van der Waals surface area contributed by atoms with Gasteiger partial charge in [0.2, 0.25) is 0 Å². The molecule has 3 rings (SSSR count). The summed E-state index contributed by atoms with van der Waals surface area (Å²) < 4.78 is 46.2. The number of halogens is 4. The molecule has 0 saturated carbocycles. The van der Waals surface area contributed by atoms with E-state index in [2.05, 4.69) is 38.4 Å². The molecule has 31 heavy (non-hydrogen) atoms. The molecule has 1 amide bonds. The Morgan fingerprint density at radius 1 is 1.26 bits per heavy atom. The Balaban J connectivity index is 1.84. The first-order valence-corrected chi connectivity index (χ1v) is 10.7. The van der Waals surface area contributed by atoms with Crippen molar-refractivity contribution in [3.63, 3.8) is 0 Å². The van der Waals surface area contributed by atoms with Crippen molar-refractivity contribution < 1.29 is 22.7 Å². The van der Waals surface area contributed by atoms with Crippen molar-refractivity contribution in [3.8, 4) is 17.6 Å². The highest BCUT2D eigenvalue weighted by molar-refractivity contribution is 9.10. The van der Waals surface area contributed by atoms with Crippen molar-refractivity contribution in [2.24, 2.45) is 0 Å². The maximum absolute atomic E-state index is 13.1. The molecule has 0 spiro atoms. The maximum atomic E-state index is 13.1. The van der Waals surface area contributed by atoms with Gasteiger partial charge in [-0.3, -0.25) is 4.79 Å². The summed E-state index contributed by atoms with van der Waals surface area (Å²) in [5.41, 5.74) is 1.26.